The lowest BCUT2D eigenvalue weighted by Crippen LogP contribution is -2.32. The molecule has 0 saturated heterocycles. The zero-order valence-electron chi connectivity index (χ0n) is 12.5. The number of sulfone groups is 1. The van der Waals surface area contributed by atoms with E-state index in [-0.39, 0.29) is 11.8 Å². The van der Waals surface area contributed by atoms with Gasteiger partial charge in [0.2, 0.25) is 0 Å². The normalized spacial score (nSPS) is 13.3. The molecule has 0 bridgehead atoms. The summed E-state index contributed by atoms with van der Waals surface area (Å²) < 4.78 is 24.7. The minimum absolute atomic E-state index is 0.0912. The number of benzene rings is 1. The molecule has 1 atom stereocenters. The first kappa shape index (κ1) is 16.1. The number of hydrogen-bond donors (Lipinski definition) is 1. The Hall–Kier alpha value is -1.24. The van der Waals surface area contributed by atoms with Gasteiger partial charge >= 0.3 is 0 Å². The second kappa shape index (κ2) is 6.68. The second-order valence-corrected chi connectivity index (χ2v) is 8.21. The Balaban J connectivity index is 1.96. The molecule has 0 radical (unpaired) electrons. The van der Waals surface area contributed by atoms with Crippen molar-refractivity contribution in [1.82, 2.24) is 10.3 Å². The number of thiazole rings is 1. The van der Waals surface area contributed by atoms with Gasteiger partial charge in [0, 0.05) is 17.5 Å². The molecule has 0 spiro atoms. The van der Waals surface area contributed by atoms with Gasteiger partial charge in [-0.05, 0) is 32.9 Å². The summed E-state index contributed by atoms with van der Waals surface area (Å²) in [6.45, 7) is 6.45. The second-order valence-electron chi connectivity index (χ2n) is 5.24. The van der Waals surface area contributed by atoms with E-state index >= 15 is 0 Å². The van der Waals surface area contributed by atoms with Crippen LogP contribution in [0.1, 0.15) is 23.1 Å². The van der Waals surface area contributed by atoms with Gasteiger partial charge in [0.05, 0.1) is 21.9 Å². The Morgan fingerprint density at radius 1 is 1.24 bits per heavy atom. The van der Waals surface area contributed by atoms with Crippen molar-refractivity contribution in [2.75, 3.05) is 5.75 Å². The molecular formula is C15H20N2O2S2. The summed E-state index contributed by atoms with van der Waals surface area (Å²) in [5.74, 6) is 0.0912. The maximum Gasteiger partial charge on any atom is 0.179 e. The molecule has 1 heterocycles. The van der Waals surface area contributed by atoms with Crippen LogP contribution in [0.2, 0.25) is 0 Å². The largest absolute Gasteiger partial charge is 0.308 e. The number of nitrogens with one attached hydrogen (secondary N) is 1. The molecule has 0 aliphatic rings. The molecule has 21 heavy (non-hydrogen) atoms. The van der Waals surface area contributed by atoms with Crippen LogP contribution in [-0.2, 0) is 16.4 Å². The Kier molecular flexibility index (Phi) is 5.13. The molecule has 1 N–H and O–H groups in total. The number of rotatable bonds is 6. The van der Waals surface area contributed by atoms with Gasteiger partial charge in [-0.3, -0.25) is 0 Å². The topological polar surface area (TPSA) is 59.1 Å². The molecule has 1 aromatic carbocycles. The molecule has 114 valence electrons. The quantitative estimate of drug-likeness (QED) is 0.887. The molecule has 1 aromatic heterocycles. The average Bonchev–Trinajstić information content (AvgIpc) is 2.82. The van der Waals surface area contributed by atoms with E-state index in [1.807, 2.05) is 32.9 Å². The van der Waals surface area contributed by atoms with Crippen molar-refractivity contribution < 1.29 is 8.42 Å². The third-order valence-corrected chi connectivity index (χ3v) is 6.17. The number of nitrogens with zero attached hydrogens (tertiary/aromatic N) is 1. The van der Waals surface area contributed by atoms with E-state index < -0.39 is 9.84 Å². The Morgan fingerprint density at radius 3 is 2.48 bits per heavy atom. The van der Waals surface area contributed by atoms with E-state index in [4.69, 9.17) is 0 Å². The summed E-state index contributed by atoms with van der Waals surface area (Å²) in [5.41, 5.74) is 3.86. The third kappa shape index (κ3) is 4.36. The highest BCUT2D eigenvalue weighted by Gasteiger charge is 2.18. The molecule has 4 nitrogen and oxygen atoms in total. The molecule has 0 unspecified atom stereocenters. The lowest BCUT2D eigenvalue weighted by atomic mass is 10.2. The maximum atomic E-state index is 12.3. The summed E-state index contributed by atoms with van der Waals surface area (Å²) in [7, 11) is -3.25. The van der Waals surface area contributed by atoms with E-state index in [0.717, 1.165) is 16.1 Å². The summed E-state index contributed by atoms with van der Waals surface area (Å²) in [6, 6.07) is 6.88. The lowest BCUT2D eigenvalue weighted by Gasteiger charge is -2.14. The Morgan fingerprint density at radius 2 is 1.90 bits per heavy atom. The highest BCUT2D eigenvalue weighted by Crippen LogP contribution is 2.14. The monoisotopic (exact) mass is 324 g/mol. The van der Waals surface area contributed by atoms with Gasteiger partial charge in [-0.1, -0.05) is 17.7 Å². The molecule has 0 amide bonds. The minimum Gasteiger partial charge on any atom is -0.308 e. The predicted molar refractivity (Wildman–Crippen MR) is 86.4 cm³/mol. The van der Waals surface area contributed by atoms with E-state index in [1.165, 1.54) is 0 Å². The van der Waals surface area contributed by atoms with E-state index in [0.29, 0.717) is 11.4 Å². The van der Waals surface area contributed by atoms with Crippen molar-refractivity contribution in [1.29, 1.82) is 0 Å². The zero-order valence-corrected chi connectivity index (χ0v) is 14.1. The molecule has 6 heteroatoms. The number of aryl methyl sites for hydroxylation is 2. The van der Waals surface area contributed by atoms with Crippen molar-refractivity contribution in [2.24, 2.45) is 0 Å². The fraction of sp³-hybridized carbons (Fsp3) is 0.400. The highest BCUT2D eigenvalue weighted by atomic mass is 32.2. The van der Waals surface area contributed by atoms with Crippen LogP contribution in [0.15, 0.2) is 34.7 Å². The number of aromatic nitrogens is 1. The first-order chi connectivity index (χ1) is 9.88. The van der Waals surface area contributed by atoms with Gasteiger partial charge in [0.15, 0.2) is 9.84 Å². The van der Waals surface area contributed by atoms with Crippen LogP contribution < -0.4 is 5.32 Å². The SMILES string of the molecule is Cc1ccc(S(=O)(=O)C[C@@H](C)NCc2scnc2C)cc1. The first-order valence-electron chi connectivity index (χ1n) is 6.80. The van der Waals surface area contributed by atoms with Crippen molar-refractivity contribution in [3.8, 4) is 0 Å². The summed E-state index contributed by atoms with van der Waals surface area (Å²) in [5, 5.41) is 3.25. The lowest BCUT2D eigenvalue weighted by molar-refractivity contribution is 0.557. The fourth-order valence-electron chi connectivity index (χ4n) is 1.99. The highest BCUT2D eigenvalue weighted by molar-refractivity contribution is 7.91. The number of hydrogen-bond acceptors (Lipinski definition) is 5. The predicted octanol–water partition coefficient (Wildman–Crippen LogP) is 2.71. The van der Waals surface area contributed by atoms with Crippen LogP contribution in [-0.4, -0.2) is 25.2 Å². The van der Waals surface area contributed by atoms with Crippen molar-refractivity contribution in [3.05, 3.63) is 45.9 Å². The van der Waals surface area contributed by atoms with E-state index in [9.17, 15) is 8.42 Å². The van der Waals surface area contributed by atoms with Gasteiger partial charge in [-0.15, -0.1) is 11.3 Å². The first-order valence-corrected chi connectivity index (χ1v) is 9.33. The molecule has 0 fully saturated rings. The Labute approximate surface area is 130 Å². The van der Waals surface area contributed by atoms with Crippen molar-refractivity contribution in [2.45, 2.75) is 38.3 Å². The average molecular weight is 324 g/mol. The van der Waals surface area contributed by atoms with Gasteiger partial charge in [0.1, 0.15) is 0 Å². The smallest absolute Gasteiger partial charge is 0.179 e. The van der Waals surface area contributed by atoms with Crippen molar-refractivity contribution >= 4 is 21.2 Å². The standard InChI is InChI=1S/C15H20N2O2S2/c1-11-4-6-14(7-5-11)21(18,19)9-12(2)16-8-15-13(3)17-10-20-15/h4-7,10,12,16H,8-9H2,1-3H3/t12-/m1/s1. The van der Waals surface area contributed by atoms with Crippen LogP contribution in [0.25, 0.3) is 0 Å². The molecule has 2 rings (SSSR count). The molecular weight excluding hydrogens is 304 g/mol. The fourth-order valence-corrected chi connectivity index (χ4v) is 4.24. The zero-order chi connectivity index (χ0) is 15.5. The molecule has 0 aliphatic heterocycles. The van der Waals surface area contributed by atoms with Crippen LogP contribution in [0.4, 0.5) is 0 Å². The third-order valence-electron chi connectivity index (χ3n) is 3.31. The Bertz CT molecular complexity index is 691. The van der Waals surface area contributed by atoms with Crippen LogP contribution in [0.5, 0.6) is 0 Å². The van der Waals surface area contributed by atoms with Crippen molar-refractivity contribution in [3.63, 3.8) is 0 Å². The molecule has 0 aliphatic carbocycles. The van der Waals surface area contributed by atoms with Crippen LogP contribution >= 0.6 is 11.3 Å². The van der Waals surface area contributed by atoms with E-state index in [2.05, 4.69) is 10.3 Å². The maximum absolute atomic E-state index is 12.3. The van der Waals surface area contributed by atoms with Gasteiger partial charge in [-0.2, -0.15) is 0 Å². The summed E-state index contributed by atoms with van der Waals surface area (Å²) >= 11 is 1.58. The van der Waals surface area contributed by atoms with Gasteiger partial charge in [-0.25, -0.2) is 13.4 Å². The summed E-state index contributed by atoms with van der Waals surface area (Å²) in [4.78, 5) is 5.72. The summed E-state index contributed by atoms with van der Waals surface area (Å²) in [6.07, 6.45) is 0. The minimum atomic E-state index is -3.25. The van der Waals surface area contributed by atoms with Crippen LogP contribution in [0.3, 0.4) is 0 Å². The molecule has 0 saturated carbocycles. The van der Waals surface area contributed by atoms with Gasteiger partial charge < -0.3 is 5.32 Å². The van der Waals surface area contributed by atoms with Gasteiger partial charge in [0.25, 0.3) is 0 Å². The van der Waals surface area contributed by atoms with E-state index in [1.54, 1.807) is 29.0 Å². The van der Waals surface area contributed by atoms with Crippen LogP contribution in [0, 0.1) is 13.8 Å². The molecule has 2 aromatic rings.